The summed E-state index contributed by atoms with van der Waals surface area (Å²) in [6.45, 7) is 4.15. The Hall–Kier alpha value is -3.63. The third kappa shape index (κ3) is 3.58. The first kappa shape index (κ1) is 18.7. The second-order valence-electron chi connectivity index (χ2n) is 6.41. The topological polar surface area (TPSA) is 90.8 Å². The smallest absolute Gasteiger partial charge is 0.330 e. The van der Waals surface area contributed by atoms with Crippen LogP contribution in [0.5, 0.6) is 0 Å². The number of carbonyl (C=O) groups excluding carboxylic acids is 1. The zero-order chi connectivity index (χ0) is 20.4. The van der Waals surface area contributed by atoms with E-state index in [2.05, 4.69) is 21.4 Å². The molecule has 7 heteroatoms. The van der Waals surface area contributed by atoms with Crippen LogP contribution in [0.25, 0.3) is 27.2 Å². The maximum Gasteiger partial charge on any atom is 0.330 e. The van der Waals surface area contributed by atoms with Gasteiger partial charge in [0.2, 0.25) is 0 Å². The van der Waals surface area contributed by atoms with Gasteiger partial charge in [-0.05, 0) is 49.8 Å². The number of ether oxygens (including phenoxy) is 1. The Kier molecular flexibility index (Phi) is 5.02. The van der Waals surface area contributed by atoms with Crippen LogP contribution in [0.4, 0.5) is 11.4 Å². The van der Waals surface area contributed by atoms with Gasteiger partial charge >= 0.3 is 5.97 Å². The molecule has 0 aliphatic heterocycles. The summed E-state index contributed by atoms with van der Waals surface area (Å²) in [6.07, 6.45) is 6.59. The summed E-state index contributed by atoms with van der Waals surface area (Å²) in [5, 5.41) is 15.0. The first-order chi connectivity index (χ1) is 14.1. The van der Waals surface area contributed by atoms with E-state index in [-0.39, 0.29) is 5.97 Å². The van der Waals surface area contributed by atoms with Crippen molar-refractivity contribution in [1.82, 2.24) is 9.97 Å². The van der Waals surface area contributed by atoms with Crippen LogP contribution in [-0.4, -0.2) is 22.5 Å². The van der Waals surface area contributed by atoms with Crippen molar-refractivity contribution in [2.45, 2.75) is 13.8 Å². The third-order valence-electron chi connectivity index (χ3n) is 4.64. The molecular formula is C22H18N4O2S. The summed E-state index contributed by atoms with van der Waals surface area (Å²) >= 11 is 1.45. The molecule has 1 aromatic carbocycles. The lowest BCUT2D eigenvalue weighted by Gasteiger charge is -2.12. The van der Waals surface area contributed by atoms with Gasteiger partial charge in [0.15, 0.2) is 0 Å². The number of hydrogen-bond acceptors (Lipinski definition) is 6. The summed E-state index contributed by atoms with van der Waals surface area (Å²) < 4.78 is 4.92. The van der Waals surface area contributed by atoms with Crippen LogP contribution in [0.2, 0.25) is 0 Å². The number of H-pyrrole nitrogens is 1. The second-order valence-corrected chi connectivity index (χ2v) is 7.48. The van der Waals surface area contributed by atoms with Crippen LogP contribution in [0.3, 0.4) is 0 Å². The van der Waals surface area contributed by atoms with Crippen molar-refractivity contribution >= 4 is 55.9 Å². The highest BCUT2D eigenvalue weighted by molar-refractivity contribution is 7.19. The molecule has 0 aliphatic rings. The predicted molar refractivity (Wildman–Crippen MR) is 116 cm³/mol. The van der Waals surface area contributed by atoms with E-state index in [0.29, 0.717) is 17.9 Å². The number of aryl methyl sites for hydroxylation is 1. The Morgan fingerprint density at radius 2 is 2.24 bits per heavy atom. The van der Waals surface area contributed by atoms with Crippen molar-refractivity contribution in [3.8, 4) is 6.07 Å². The van der Waals surface area contributed by atoms with Gasteiger partial charge in [0, 0.05) is 45.3 Å². The number of thiophene rings is 1. The summed E-state index contributed by atoms with van der Waals surface area (Å²) in [6, 6.07) is 10.2. The molecule has 4 rings (SSSR count). The van der Waals surface area contributed by atoms with Crippen LogP contribution in [-0.2, 0) is 9.53 Å². The SMILES string of the molecule is CCOC(=O)/C=C/c1cc2c(Nc3ccc4[nH]ccc4c3C)c(C#N)cnc2s1. The van der Waals surface area contributed by atoms with Crippen LogP contribution in [0.1, 0.15) is 22.9 Å². The number of aromatic amines is 1. The minimum atomic E-state index is -0.385. The normalized spacial score (nSPS) is 11.2. The molecule has 6 nitrogen and oxygen atoms in total. The Balaban J connectivity index is 1.76. The number of aromatic nitrogens is 2. The summed E-state index contributed by atoms with van der Waals surface area (Å²) in [5.74, 6) is -0.385. The van der Waals surface area contributed by atoms with E-state index in [1.807, 2.05) is 37.4 Å². The number of nitrogens with zero attached hydrogens (tertiary/aromatic N) is 2. The van der Waals surface area contributed by atoms with Crippen molar-refractivity contribution in [3.63, 3.8) is 0 Å². The highest BCUT2D eigenvalue weighted by Crippen LogP contribution is 2.36. The van der Waals surface area contributed by atoms with Gasteiger partial charge in [-0.25, -0.2) is 9.78 Å². The van der Waals surface area contributed by atoms with E-state index in [0.717, 1.165) is 37.2 Å². The number of benzene rings is 1. The Morgan fingerprint density at radius 1 is 1.38 bits per heavy atom. The molecule has 144 valence electrons. The van der Waals surface area contributed by atoms with E-state index in [1.165, 1.54) is 17.4 Å². The molecule has 0 amide bonds. The molecule has 0 spiro atoms. The number of esters is 1. The second kappa shape index (κ2) is 7.78. The van der Waals surface area contributed by atoms with Gasteiger partial charge in [-0.2, -0.15) is 5.26 Å². The molecule has 3 aromatic heterocycles. The molecule has 29 heavy (non-hydrogen) atoms. The fourth-order valence-electron chi connectivity index (χ4n) is 3.20. The number of carbonyl (C=O) groups is 1. The molecule has 0 bridgehead atoms. The lowest BCUT2D eigenvalue weighted by Crippen LogP contribution is -1.98. The number of nitrogens with one attached hydrogen (secondary N) is 2. The fourth-order valence-corrected chi connectivity index (χ4v) is 4.12. The number of rotatable bonds is 5. The van der Waals surface area contributed by atoms with Gasteiger partial charge in [0.25, 0.3) is 0 Å². The number of pyridine rings is 1. The Morgan fingerprint density at radius 3 is 3.03 bits per heavy atom. The summed E-state index contributed by atoms with van der Waals surface area (Å²) in [7, 11) is 0. The third-order valence-corrected chi connectivity index (χ3v) is 5.64. The van der Waals surface area contributed by atoms with Crippen molar-refractivity contribution in [1.29, 1.82) is 5.26 Å². The minimum Gasteiger partial charge on any atom is -0.463 e. The Bertz CT molecular complexity index is 1290. The monoisotopic (exact) mass is 402 g/mol. The van der Waals surface area contributed by atoms with Crippen molar-refractivity contribution in [3.05, 3.63) is 58.7 Å². The van der Waals surface area contributed by atoms with Crippen molar-refractivity contribution < 1.29 is 9.53 Å². The average Bonchev–Trinajstić information content (AvgIpc) is 3.36. The zero-order valence-corrected chi connectivity index (χ0v) is 16.8. The minimum absolute atomic E-state index is 0.335. The number of anilines is 2. The fraction of sp³-hybridized carbons (Fsp3) is 0.136. The number of nitriles is 1. The van der Waals surface area contributed by atoms with Gasteiger partial charge in [-0.15, -0.1) is 11.3 Å². The van der Waals surface area contributed by atoms with Crippen LogP contribution in [0.15, 0.2) is 42.7 Å². The first-order valence-corrected chi connectivity index (χ1v) is 9.93. The van der Waals surface area contributed by atoms with Gasteiger partial charge in [0.1, 0.15) is 10.9 Å². The van der Waals surface area contributed by atoms with Gasteiger partial charge in [-0.1, -0.05) is 0 Å². The summed E-state index contributed by atoms with van der Waals surface area (Å²) in [4.78, 5) is 20.8. The molecule has 0 atom stereocenters. The molecule has 4 aromatic rings. The van der Waals surface area contributed by atoms with Crippen molar-refractivity contribution in [2.24, 2.45) is 0 Å². The van der Waals surface area contributed by atoms with Crippen LogP contribution >= 0.6 is 11.3 Å². The lowest BCUT2D eigenvalue weighted by molar-refractivity contribution is -0.137. The highest BCUT2D eigenvalue weighted by Gasteiger charge is 2.14. The molecular weight excluding hydrogens is 384 g/mol. The number of fused-ring (bicyclic) bond motifs is 2. The molecule has 0 saturated heterocycles. The standard InChI is InChI=1S/C22H18N4O2S/c1-3-28-20(27)7-4-15-10-17-21(14(11-23)12-25-22(17)29-15)26-18-5-6-19-16(13(18)2)8-9-24-19/h4-10,12,24H,3H2,1-2H3,(H,25,26)/b7-4+. The quantitative estimate of drug-likeness (QED) is 0.350. The largest absolute Gasteiger partial charge is 0.463 e. The van der Waals surface area contributed by atoms with Gasteiger partial charge in [-0.3, -0.25) is 0 Å². The summed E-state index contributed by atoms with van der Waals surface area (Å²) in [5.41, 5.74) is 4.26. The Labute approximate surface area is 171 Å². The number of hydrogen-bond donors (Lipinski definition) is 2. The molecule has 0 unspecified atom stereocenters. The molecule has 0 fully saturated rings. The predicted octanol–water partition coefficient (Wildman–Crippen LogP) is 5.28. The lowest BCUT2D eigenvalue weighted by atomic mass is 10.1. The van der Waals surface area contributed by atoms with E-state index in [4.69, 9.17) is 4.74 Å². The molecule has 3 heterocycles. The molecule has 0 saturated carbocycles. The van der Waals surface area contributed by atoms with Gasteiger partial charge < -0.3 is 15.0 Å². The van der Waals surface area contributed by atoms with Crippen molar-refractivity contribution in [2.75, 3.05) is 11.9 Å². The maximum absolute atomic E-state index is 11.6. The maximum atomic E-state index is 11.6. The highest BCUT2D eigenvalue weighted by atomic mass is 32.1. The zero-order valence-electron chi connectivity index (χ0n) is 15.9. The van der Waals surface area contributed by atoms with E-state index in [9.17, 15) is 10.1 Å². The van der Waals surface area contributed by atoms with Crippen LogP contribution in [0, 0.1) is 18.3 Å². The van der Waals surface area contributed by atoms with E-state index >= 15 is 0 Å². The van der Waals surface area contributed by atoms with Gasteiger partial charge in [0.05, 0.1) is 17.9 Å². The molecule has 0 radical (unpaired) electrons. The molecule has 0 aliphatic carbocycles. The average molecular weight is 402 g/mol. The van der Waals surface area contributed by atoms with E-state index in [1.54, 1.807) is 19.2 Å². The van der Waals surface area contributed by atoms with E-state index < -0.39 is 0 Å². The first-order valence-electron chi connectivity index (χ1n) is 9.12. The molecule has 2 N–H and O–H groups in total. The van der Waals surface area contributed by atoms with Crippen LogP contribution < -0.4 is 5.32 Å².